The number of aryl methyl sites for hydroxylation is 1. The maximum atomic E-state index is 12.6. The number of phenolic OH excluding ortho intramolecular Hbond substituents is 1. The predicted octanol–water partition coefficient (Wildman–Crippen LogP) is 4.54. The van der Waals surface area contributed by atoms with Crippen LogP contribution in [-0.4, -0.2) is 18.5 Å². The number of para-hydroxylation sites is 1. The summed E-state index contributed by atoms with van der Waals surface area (Å²) < 4.78 is 25.2. The van der Waals surface area contributed by atoms with Crippen molar-refractivity contribution in [2.75, 3.05) is 0 Å². The first-order valence-corrected chi connectivity index (χ1v) is 8.41. The zero-order valence-electron chi connectivity index (χ0n) is 10.4. The van der Waals surface area contributed by atoms with Crippen molar-refractivity contribution in [1.29, 1.82) is 0 Å². The van der Waals surface area contributed by atoms with E-state index in [0.717, 1.165) is 0 Å². The Bertz CT molecular complexity index is 837. The predicted molar refractivity (Wildman–Crippen MR) is 82.6 cm³/mol. The minimum atomic E-state index is -4.21. The van der Waals surface area contributed by atoms with Gasteiger partial charge >= 0.3 is 0 Å². The second kappa shape index (κ2) is 5.82. The van der Waals surface area contributed by atoms with Gasteiger partial charge in [-0.05, 0) is 18.6 Å². The summed E-state index contributed by atoms with van der Waals surface area (Å²) in [6, 6.07) is 4.27. The molecule has 0 aliphatic rings. The molecule has 0 saturated carbocycles. The van der Waals surface area contributed by atoms with Crippen LogP contribution in [0.25, 0.3) is 0 Å². The van der Waals surface area contributed by atoms with Crippen molar-refractivity contribution >= 4 is 56.2 Å². The number of rotatable bonds is 2. The second-order valence-electron chi connectivity index (χ2n) is 4.07. The Hall–Kier alpha value is -0.720. The molecule has 1 N–H and O–H groups in total. The number of aromatic nitrogens is 1. The van der Waals surface area contributed by atoms with Gasteiger partial charge in [0, 0.05) is 0 Å². The monoisotopic (exact) mass is 385 g/mol. The van der Waals surface area contributed by atoms with Crippen LogP contribution in [0.2, 0.25) is 20.2 Å². The van der Waals surface area contributed by atoms with Crippen molar-refractivity contribution in [3.05, 3.63) is 44.0 Å². The van der Waals surface area contributed by atoms with Crippen molar-refractivity contribution in [2.45, 2.75) is 16.8 Å². The van der Waals surface area contributed by atoms with Gasteiger partial charge in [0.2, 0.25) is 9.84 Å². The molecule has 0 saturated heterocycles. The molecule has 0 fully saturated rings. The minimum absolute atomic E-state index is 0.143. The largest absolute Gasteiger partial charge is 0.506 e. The van der Waals surface area contributed by atoms with Gasteiger partial charge in [0.1, 0.15) is 10.6 Å². The Morgan fingerprint density at radius 1 is 1.05 bits per heavy atom. The topological polar surface area (TPSA) is 67.3 Å². The summed E-state index contributed by atoms with van der Waals surface area (Å²) in [6.45, 7) is 1.56. The number of hydrogen-bond acceptors (Lipinski definition) is 4. The van der Waals surface area contributed by atoms with Crippen LogP contribution < -0.4 is 0 Å². The first-order valence-electron chi connectivity index (χ1n) is 5.41. The summed E-state index contributed by atoms with van der Waals surface area (Å²) >= 11 is 23.2. The van der Waals surface area contributed by atoms with Crippen LogP contribution >= 0.6 is 46.4 Å². The van der Waals surface area contributed by atoms with E-state index in [0.29, 0.717) is 5.56 Å². The van der Waals surface area contributed by atoms with Gasteiger partial charge in [0.25, 0.3) is 0 Å². The van der Waals surface area contributed by atoms with E-state index in [9.17, 15) is 13.5 Å². The summed E-state index contributed by atoms with van der Waals surface area (Å²) in [5.74, 6) is -0.391. The summed E-state index contributed by atoms with van der Waals surface area (Å²) in [5.41, 5.74) is 0.387. The van der Waals surface area contributed by atoms with Crippen LogP contribution in [0, 0.1) is 6.92 Å². The van der Waals surface area contributed by atoms with E-state index in [1.54, 1.807) is 13.0 Å². The van der Waals surface area contributed by atoms with Crippen molar-refractivity contribution in [3.63, 3.8) is 0 Å². The molecule has 1 heterocycles. The van der Waals surface area contributed by atoms with Gasteiger partial charge in [0.05, 0.1) is 15.1 Å². The SMILES string of the molecule is Cc1cccc(S(=O)(=O)c2nc(Cl)c(Cl)c(Cl)c2Cl)c1O. The molecular formula is C12H7Cl4NO3S. The van der Waals surface area contributed by atoms with Crippen LogP contribution in [0.3, 0.4) is 0 Å². The average molecular weight is 387 g/mol. The van der Waals surface area contributed by atoms with Gasteiger partial charge in [0.15, 0.2) is 10.2 Å². The molecule has 0 bridgehead atoms. The molecule has 21 heavy (non-hydrogen) atoms. The van der Waals surface area contributed by atoms with Gasteiger partial charge < -0.3 is 5.11 Å². The highest BCUT2D eigenvalue weighted by molar-refractivity contribution is 7.91. The van der Waals surface area contributed by atoms with Gasteiger partial charge in [-0.3, -0.25) is 0 Å². The Kier molecular flexibility index (Phi) is 4.61. The summed E-state index contributed by atoms with van der Waals surface area (Å²) in [5, 5.41) is 8.36. The van der Waals surface area contributed by atoms with E-state index in [2.05, 4.69) is 4.98 Å². The van der Waals surface area contributed by atoms with Gasteiger partial charge in [-0.2, -0.15) is 0 Å². The first-order chi connectivity index (χ1) is 9.67. The number of pyridine rings is 1. The lowest BCUT2D eigenvalue weighted by Gasteiger charge is -2.11. The second-order valence-corrected chi connectivity index (χ2v) is 7.40. The maximum absolute atomic E-state index is 12.6. The van der Waals surface area contributed by atoms with E-state index in [1.807, 2.05) is 0 Å². The van der Waals surface area contributed by atoms with Crippen LogP contribution in [0.5, 0.6) is 5.75 Å². The Balaban J connectivity index is 2.80. The van der Waals surface area contributed by atoms with E-state index >= 15 is 0 Å². The van der Waals surface area contributed by atoms with Gasteiger partial charge in [-0.15, -0.1) is 0 Å². The number of nitrogens with zero attached hydrogens (tertiary/aromatic N) is 1. The quantitative estimate of drug-likeness (QED) is 0.769. The van der Waals surface area contributed by atoms with E-state index < -0.39 is 20.6 Å². The molecule has 0 radical (unpaired) electrons. The van der Waals surface area contributed by atoms with Crippen LogP contribution in [-0.2, 0) is 9.84 Å². The molecule has 2 aromatic rings. The molecule has 0 atom stereocenters. The molecule has 0 unspecified atom stereocenters. The fourth-order valence-electron chi connectivity index (χ4n) is 1.60. The smallest absolute Gasteiger partial charge is 0.229 e. The molecule has 2 rings (SSSR count). The molecule has 4 nitrogen and oxygen atoms in total. The highest BCUT2D eigenvalue weighted by atomic mass is 35.5. The molecule has 0 spiro atoms. The number of aromatic hydroxyl groups is 1. The third-order valence-electron chi connectivity index (χ3n) is 2.70. The van der Waals surface area contributed by atoms with Crippen LogP contribution in [0.15, 0.2) is 28.1 Å². The van der Waals surface area contributed by atoms with Crippen molar-refractivity contribution < 1.29 is 13.5 Å². The third-order valence-corrected chi connectivity index (χ3v) is 6.20. The highest BCUT2D eigenvalue weighted by Gasteiger charge is 2.29. The molecule has 0 aliphatic heterocycles. The van der Waals surface area contributed by atoms with Crippen LogP contribution in [0.1, 0.15) is 5.56 Å². The van der Waals surface area contributed by atoms with Crippen molar-refractivity contribution in [2.24, 2.45) is 0 Å². The molecule has 0 amide bonds. The lowest BCUT2D eigenvalue weighted by atomic mass is 10.2. The summed E-state index contributed by atoms with van der Waals surface area (Å²) in [7, 11) is -4.21. The molecule has 1 aromatic carbocycles. The van der Waals surface area contributed by atoms with E-state index in [-0.39, 0.29) is 25.1 Å². The lowest BCUT2D eigenvalue weighted by molar-refractivity contribution is 0.454. The summed E-state index contributed by atoms with van der Waals surface area (Å²) in [4.78, 5) is 3.33. The molecule has 1 aromatic heterocycles. The first kappa shape index (κ1) is 16.6. The van der Waals surface area contributed by atoms with E-state index in [1.165, 1.54) is 12.1 Å². The average Bonchev–Trinajstić information content (AvgIpc) is 2.43. The minimum Gasteiger partial charge on any atom is -0.506 e. The number of hydrogen-bond donors (Lipinski definition) is 1. The maximum Gasteiger partial charge on any atom is 0.229 e. The Morgan fingerprint density at radius 2 is 1.67 bits per heavy atom. The van der Waals surface area contributed by atoms with Gasteiger partial charge in [-0.1, -0.05) is 58.5 Å². The normalized spacial score (nSPS) is 11.7. The van der Waals surface area contributed by atoms with E-state index in [4.69, 9.17) is 46.4 Å². The fourth-order valence-corrected chi connectivity index (χ4v) is 4.17. The molecular weight excluding hydrogens is 380 g/mol. The van der Waals surface area contributed by atoms with Crippen molar-refractivity contribution in [3.8, 4) is 5.75 Å². The zero-order valence-corrected chi connectivity index (χ0v) is 14.2. The number of sulfone groups is 1. The third kappa shape index (κ3) is 2.81. The molecule has 112 valence electrons. The standard InChI is InChI=1S/C12H7Cl4NO3S/c1-5-3-2-4-6(10(5)18)21(19,20)12-9(15)7(13)8(14)11(16)17-12/h2-4,18H,1H3. The highest BCUT2D eigenvalue weighted by Crippen LogP contribution is 2.41. The van der Waals surface area contributed by atoms with Gasteiger partial charge in [-0.25, -0.2) is 13.4 Å². The van der Waals surface area contributed by atoms with Crippen molar-refractivity contribution in [1.82, 2.24) is 4.98 Å². The van der Waals surface area contributed by atoms with Crippen LogP contribution in [0.4, 0.5) is 0 Å². The number of phenols is 1. The molecule has 9 heteroatoms. The number of halogens is 4. The Labute approximate surface area is 141 Å². The summed E-state index contributed by atoms with van der Waals surface area (Å²) in [6.07, 6.45) is 0. The number of benzene rings is 1. The zero-order chi connectivity index (χ0) is 15.9. The lowest BCUT2D eigenvalue weighted by Crippen LogP contribution is -2.07. The Morgan fingerprint density at radius 3 is 2.29 bits per heavy atom. The molecule has 0 aliphatic carbocycles. The fraction of sp³-hybridized carbons (Fsp3) is 0.0833.